The van der Waals surface area contributed by atoms with Crippen molar-refractivity contribution in [2.75, 3.05) is 0 Å². The normalized spacial score (nSPS) is 19.0. The minimum Gasteiger partial charge on any atom is -0.356 e. The van der Waals surface area contributed by atoms with Crippen LogP contribution in [0.5, 0.6) is 0 Å². The minimum absolute atomic E-state index is 0.0992. The van der Waals surface area contributed by atoms with Gasteiger partial charge in [0.15, 0.2) is 5.76 Å². The average Bonchev–Trinajstić information content (AvgIpc) is 3.36. The second kappa shape index (κ2) is 8.55. The van der Waals surface area contributed by atoms with E-state index in [-0.39, 0.29) is 24.1 Å². The van der Waals surface area contributed by atoms with E-state index in [4.69, 9.17) is 4.52 Å². The van der Waals surface area contributed by atoms with E-state index in [0.29, 0.717) is 22.9 Å². The third-order valence-corrected chi connectivity index (χ3v) is 6.71. The lowest BCUT2D eigenvalue weighted by Gasteiger charge is -2.26. The van der Waals surface area contributed by atoms with E-state index in [2.05, 4.69) is 22.5 Å². The Bertz CT molecular complexity index is 1090. The molecule has 7 nitrogen and oxygen atoms in total. The van der Waals surface area contributed by atoms with Gasteiger partial charge in [-0.25, -0.2) is 4.68 Å². The zero-order valence-corrected chi connectivity index (χ0v) is 18.3. The van der Waals surface area contributed by atoms with Crippen molar-refractivity contribution in [1.29, 1.82) is 0 Å². The molecule has 0 aromatic carbocycles. The van der Waals surface area contributed by atoms with Crippen LogP contribution >= 0.6 is 11.3 Å². The molecule has 1 aliphatic carbocycles. The molecule has 0 saturated heterocycles. The van der Waals surface area contributed by atoms with Gasteiger partial charge in [-0.3, -0.25) is 9.59 Å². The summed E-state index contributed by atoms with van der Waals surface area (Å²) in [4.78, 5) is 26.3. The first kappa shape index (κ1) is 20.5. The Kier molecular flexibility index (Phi) is 5.85. The van der Waals surface area contributed by atoms with Crippen LogP contribution in [0.3, 0.4) is 0 Å². The Hall–Kier alpha value is -2.74. The van der Waals surface area contributed by atoms with Crippen molar-refractivity contribution in [3.05, 3.63) is 45.2 Å². The van der Waals surface area contributed by atoms with Gasteiger partial charge in [0.25, 0.3) is 5.56 Å². The molecule has 0 aliphatic heterocycles. The fraction of sp³-hybridized carbons (Fsp3) is 0.455. The molecular formula is C22H26N4O3S. The zero-order valence-electron chi connectivity index (χ0n) is 17.5. The van der Waals surface area contributed by atoms with Crippen molar-refractivity contribution >= 4 is 17.2 Å². The molecule has 0 unspecified atom stereocenters. The van der Waals surface area contributed by atoms with Gasteiger partial charge in [-0.1, -0.05) is 18.1 Å². The number of nitrogens with zero attached hydrogens (tertiary/aromatic N) is 3. The Balaban J connectivity index is 1.63. The highest BCUT2D eigenvalue weighted by molar-refractivity contribution is 7.13. The van der Waals surface area contributed by atoms with Gasteiger partial charge in [0.2, 0.25) is 5.91 Å². The largest absolute Gasteiger partial charge is 0.356 e. The summed E-state index contributed by atoms with van der Waals surface area (Å²) in [6.07, 6.45) is 4.21. The molecule has 3 heterocycles. The van der Waals surface area contributed by atoms with Crippen molar-refractivity contribution in [2.24, 2.45) is 5.92 Å². The lowest BCUT2D eigenvalue weighted by Crippen LogP contribution is -2.41. The third kappa shape index (κ3) is 4.23. The number of thiophene rings is 1. The highest BCUT2D eigenvalue weighted by Gasteiger charge is 2.22. The predicted molar refractivity (Wildman–Crippen MR) is 116 cm³/mol. The van der Waals surface area contributed by atoms with E-state index < -0.39 is 0 Å². The number of aryl methyl sites for hydroxylation is 1. The molecule has 1 saturated carbocycles. The van der Waals surface area contributed by atoms with Crippen molar-refractivity contribution in [3.63, 3.8) is 0 Å². The number of hydrogen-bond acceptors (Lipinski definition) is 6. The molecule has 0 atom stereocenters. The van der Waals surface area contributed by atoms with Gasteiger partial charge in [-0.15, -0.1) is 11.3 Å². The van der Waals surface area contributed by atoms with Crippen LogP contribution in [0.1, 0.15) is 43.9 Å². The van der Waals surface area contributed by atoms with Crippen LogP contribution in [0.4, 0.5) is 0 Å². The molecule has 0 bridgehead atoms. The highest BCUT2D eigenvalue weighted by Crippen LogP contribution is 2.34. The molecule has 8 heteroatoms. The van der Waals surface area contributed by atoms with E-state index in [0.717, 1.165) is 41.8 Å². The van der Waals surface area contributed by atoms with Crippen LogP contribution in [0.25, 0.3) is 21.9 Å². The number of amides is 1. The maximum Gasteiger partial charge on any atom is 0.268 e. The van der Waals surface area contributed by atoms with Gasteiger partial charge in [-0.05, 0) is 56.9 Å². The van der Waals surface area contributed by atoms with Crippen LogP contribution in [0.2, 0.25) is 0 Å². The average molecular weight is 427 g/mol. The highest BCUT2D eigenvalue weighted by atomic mass is 32.1. The molecule has 30 heavy (non-hydrogen) atoms. The number of aromatic nitrogens is 3. The van der Waals surface area contributed by atoms with Crippen molar-refractivity contribution < 1.29 is 9.32 Å². The zero-order chi connectivity index (χ0) is 21.3. The summed E-state index contributed by atoms with van der Waals surface area (Å²) in [6.45, 7) is 5.91. The molecule has 1 aliphatic rings. The van der Waals surface area contributed by atoms with Crippen molar-refractivity contribution in [2.45, 2.75) is 59.0 Å². The maximum atomic E-state index is 12.8. The van der Waals surface area contributed by atoms with Crippen molar-refractivity contribution in [3.8, 4) is 21.9 Å². The van der Waals surface area contributed by atoms with E-state index in [1.54, 1.807) is 0 Å². The Morgan fingerprint density at radius 3 is 2.70 bits per heavy atom. The molecule has 3 aromatic rings. The summed E-state index contributed by atoms with van der Waals surface area (Å²) in [5.41, 5.74) is 2.51. The molecule has 1 amide bonds. The lowest BCUT2D eigenvalue weighted by atomic mass is 9.87. The van der Waals surface area contributed by atoms with Crippen LogP contribution in [0.15, 0.2) is 32.9 Å². The standard InChI is InChI=1S/C22H26N4O3S/c1-13-6-8-16(9-7-13)23-19(27)12-26-20(28)11-17(22-14(2)15(3)25-29-22)21(24-26)18-5-4-10-30-18/h4-5,10-11,13,16H,6-9,12H2,1-3H3,(H,23,27). The Labute approximate surface area is 179 Å². The van der Waals surface area contributed by atoms with Crippen LogP contribution in [0, 0.1) is 19.8 Å². The van der Waals surface area contributed by atoms with E-state index in [1.807, 2.05) is 31.4 Å². The fourth-order valence-corrected chi connectivity index (χ4v) is 4.58. The van der Waals surface area contributed by atoms with Gasteiger partial charge < -0.3 is 9.84 Å². The number of hydrogen-bond donors (Lipinski definition) is 1. The topological polar surface area (TPSA) is 90.0 Å². The minimum atomic E-state index is -0.342. The summed E-state index contributed by atoms with van der Waals surface area (Å²) in [5, 5.41) is 13.6. The smallest absolute Gasteiger partial charge is 0.268 e. The van der Waals surface area contributed by atoms with Crippen molar-refractivity contribution in [1.82, 2.24) is 20.3 Å². The molecule has 0 radical (unpaired) electrons. The first-order valence-electron chi connectivity index (χ1n) is 10.3. The van der Waals surface area contributed by atoms with Gasteiger partial charge in [0.1, 0.15) is 12.2 Å². The maximum absolute atomic E-state index is 12.8. The second-order valence-electron chi connectivity index (χ2n) is 8.13. The van der Waals surface area contributed by atoms with Gasteiger partial charge >= 0.3 is 0 Å². The molecule has 4 rings (SSSR count). The summed E-state index contributed by atoms with van der Waals surface area (Å²) in [5.74, 6) is 1.07. The molecule has 3 aromatic heterocycles. The first-order valence-corrected chi connectivity index (χ1v) is 11.2. The van der Waals surface area contributed by atoms with Gasteiger partial charge in [0.05, 0.1) is 16.1 Å². The number of nitrogens with one attached hydrogen (secondary N) is 1. The Morgan fingerprint density at radius 1 is 1.30 bits per heavy atom. The second-order valence-corrected chi connectivity index (χ2v) is 9.07. The van der Waals surface area contributed by atoms with Crippen LogP contribution in [-0.2, 0) is 11.3 Å². The van der Waals surface area contributed by atoms with Crippen LogP contribution < -0.4 is 10.9 Å². The quantitative estimate of drug-likeness (QED) is 0.667. The lowest BCUT2D eigenvalue weighted by molar-refractivity contribution is -0.122. The van der Waals surface area contributed by atoms with Gasteiger partial charge in [-0.2, -0.15) is 5.10 Å². The molecular weight excluding hydrogens is 400 g/mol. The fourth-order valence-electron chi connectivity index (χ4n) is 3.85. The predicted octanol–water partition coefficient (Wildman–Crippen LogP) is 3.94. The first-order chi connectivity index (χ1) is 14.4. The van der Waals surface area contributed by atoms with E-state index >= 15 is 0 Å². The number of carbonyl (C=O) groups is 1. The number of carbonyl (C=O) groups excluding carboxylic acids is 1. The summed E-state index contributed by atoms with van der Waals surface area (Å²) >= 11 is 1.52. The summed E-state index contributed by atoms with van der Waals surface area (Å²) in [7, 11) is 0. The molecule has 158 valence electrons. The van der Waals surface area contributed by atoms with Gasteiger partial charge in [0, 0.05) is 17.7 Å². The molecule has 1 fully saturated rings. The molecule has 0 spiro atoms. The summed E-state index contributed by atoms with van der Waals surface area (Å²) in [6, 6.07) is 5.54. The third-order valence-electron chi connectivity index (χ3n) is 5.83. The number of rotatable bonds is 5. The molecule has 1 N–H and O–H groups in total. The Morgan fingerprint density at radius 2 is 2.07 bits per heavy atom. The van der Waals surface area contributed by atoms with E-state index in [1.165, 1.54) is 22.1 Å². The van der Waals surface area contributed by atoms with E-state index in [9.17, 15) is 9.59 Å². The van der Waals surface area contributed by atoms with Crippen LogP contribution in [-0.4, -0.2) is 26.9 Å². The SMILES string of the molecule is Cc1noc(-c2cc(=O)n(CC(=O)NC3CCC(C)CC3)nc2-c2cccs2)c1C. The monoisotopic (exact) mass is 426 g/mol. The summed E-state index contributed by atoms with van der Waals surface area (Å²) < 4.78 is 6.73.